The van der Waals surface area contributed by atoms with Gasteiger partial charge >= 0.3 is 11.9 Å². The summed E-state index contributed by atoms with van der Waals surface area (Å²) in [6.45, 7) is 4.78. The highest BCUT2D eigenvalue weighted by Crippen LogP contribution is 2.25. The SMILES string of the molecule is CN(Cc1cc(N)ccc1S(=O)(=O)C(F)F)C(=O)OC(C)(C)C. The lowest BCUT2D eigenvalue weighted by atomic mass is 10.2. The highest BCUT2D eigenvalue weighted by atomic mass is 32.2. The lowest BCUT2D eigenvalue weighted by Gasteiger charge is -2.25. The summed E-state index contributed by atoms with van der Waals surface area (Å²) in [4.78, 5) is 12.4. The molecule has 0 unspecified atom stereocenters. The van der Waals surface area contributed by atoms with Crippen molar-refractivity contribution in [3.63, 3.8) is 0 Å². The second-order valence-corrected chi connectivity index (χ2v) is 7.90. The predicted octanol–water partition coefficient (Wildman–Crippen LogP) is 2.63. The fraction of sp³-hybridized carbons (Fsp3) is 0.500. The summed E-state index contributed by atoms with van der Waals surface area (Å²) in [6.07, 6.45) is -0.708. The first-order chi connectivity index (χ1) is 10.3. The van der Waals surface area contributed by atoms with Gasteiger partial charge in [-0.15, -0.1) is 0 Å². The summed E-state index contributed by atoms with van der Waals surface area (Å²) < 4.78 is 54.1. The third-order valence-corrected chi connectivity index (χ3v) is 4.22. The molecule has 0 aliphatic heterocycles. The number of halogens is 2. The van der Waals surface area contributed by atoms with Crippen LogP contribution in [-0.2, 0) is 21.1 Å². The van der Waals surface area contributed by atoms with Crippen LogP contribution >= 0.6 is 0 Å². The molecule has 6 nitrogen and oxygen atoms in total. The number of carbonyl (C=O) groups excluding carboxylic acids is 1. The Morgan fingerprint density at radius 1 is 1.35 bits per heavy atom. The maximum atomic E-state index is 12.8. The summed E-state index contributed by atoms with van der Waals surface area (Å²) in [7, 11) is -3.43. The van der Waals surface area contributed by atoms with Gasteiger partial charge in [-0.25, -0.2) is 13.2 Å². The van der Waals surface area contributed by atoms with E-state index in [-0.39, 0.29) is 17.8 Å². The largest absolute Gasteiger partial charge is 0.444 e. The minimum absolute atomic E-state index is 0.00124. The fourth-order valence-corrected chi connectivity index (χ4v) is 2.69. The molecule has 0 saturated carbocycles. The zero-order valence-corrected chi connectivity index (χ0v) is 14.2. The van der Waals surface area contributed by atoms with E-state index in [4.69, 9.17) is 10.5 Å². The number of benzene rings is 1. The first kappa shape index (κ1) is 19.1. The van der Waals surface area contributed by atoms with Crippen LogP contribution in [0.15, 0.2) is 23.1 Å². The Kier molecular flexibility index (Phi) is 5.57. The van der Waals surface area contributed by atoms with Gasteiger partial charge < -0.3 is 15.4 Å². The van der Waals surface area contributed by atoms with Gasteiger partial charge in [0.2, 0.25) is 9.84 Å². The van der Waals surface area contributed by atoms with Crippen molar-refractivity contribution < 1.29 is 26.7 Å². The van der Waals surface area contributed by atoms with Gasteiger partial charge in [-0.1, -0.05) is 0 Å². The number of nitrogens with two attached hydrogens (primary N) is 1. The fourth-order valence-electron chi connectivity index (χ4n) is 1.76. The first-order valence-corrected chi connectivity index (χ1v) is 8.24. The summed E-state index contributed by atoms with van der Waals surface area (Å²) in [6, 6.07) is 3.47. The molecule has 1 amide bonds. The van der Waals surface area contributed by atoms with Crippen LogP contribution < -0.4 is 5.73 Å². The van der Waals surface area contributed by atoms with E-state index in [1.807, 2.05) is 0 Å². The standard InChI is InChI=1S/C14H20F2N2O4S/c1-14(2,3)22-13(19)18(4)8-9-7-10(17)5-6-11(9)23(20,21)12(15)16/h5-7,12H,8,17H2,1-4H3. The molecule has 0 aromatic heterocycles. The van der Waals surface area contributed by atoms with Crippen molar-refractivity contribution in [3.8, 4) is 0 Å². The Morgan fingerprint density at radius 3 is 2.39 bits per heavy atom. The van der Waals surface area contributed by atoms with Crippen molar-refractivity contribution in [1.82, 2.24) is 4.90 Å². The molecule has 0 spiro atoms. The number of nitrogens with zero attached hydrogens (tertiary/aromatic N) is 1. The quantitative estimate of drug-likeness (QED) is 0.843. The van der Waals surface area contributed by atoms with Gasteiger partial charge in [-0.3, -0.25) is 0 Å². The van der Waals surface area contributed by atoms with Gasteiger partial charge in [-0.2, -0.15) is 8.78 Å². The van der Waals surface area contributed by atoms with Gasteiger partial charge in [0.1, 0.15) is 5.60 Å². The number of anilines is 1. The molecular weight excluding hydrogens is 330 g/mol. The number of rotatable bonds is 4. The van der Waals surface area contributed by atoms with Gasteiger partial charge in [0.25, 0.3) is 0 Å². The van der Waals surface area contributed by atoms with Crippen molar-refractivity contribution in [3.05, 3.63) is 23.8 Å². The number of sulfone groups is 1. The van der Waals surface area contributed by atoms with E-state index in [1.165, 1.54) is 19.2 Å². The number of hydrogen-bond acceptors (Lipinski definition) is 5. The summed E-state index contributed by atoms with van der Waals surface area (Å²) in [5.41, 5.74) is 5.04. The molecule has 0 heterocycles. The van der Waals surface area contributed by atoms with Crippen LogP contribution in [-0.4, -0.2) is 37.8 Å². The molecule has 2 N–H and O–H groups in total. The molecular formula is C14H20F2N2O4S. The number of carbonyl (C=O) groups is 1. The van der Waals surface area contributed by atoms with E-state index in [9.17, 15) is 22.0 Å². The van der Waals surface area contributed by atoms with Crippen LogP contribution in [0.4, 0.5) is 19.3 Å². The number of alkyl halides is 2. The Hall–Kier alpha value is -1.90. The van der Waals surface area contributed by atoms with Crippen LogP contribution in [0.3, 0.4) is 0 Å². The molecule has 1 aromatic rings. The van der Waals surface area contributed by atoms with Gasteiger partial charge in [0.05, 0.1) is 11.4 Å². The topological polar surface area (TPSA) is 89.7 Å². The molecule has 9 heteroatoms. The van der Waals surface area contributed by atoms with E-state index in [0.29, 0.717) is 0 Å². The minimum atomic E-state index is -4.80. The Balaban J connectivity index is 3.14. The smallest absolute Gasteiger partial charge is 0.410 e. The second-order valence-electron chi connectivity index (χ2n) is 6.01. The molecule has 1 aromatic carbocycles. The molecule has 1 rings (SSSR count). The van der Waals surface area contributed by atoms with Crippen LogP contribution in [0, 0.1) is 0 Å². The number of ether oxygens (including phenoxy) is 1. The molecule has 0 saturated heterocycles. The van der Waals surface area contributed by atoms with E-state index >= 15 is 0 Å². The molecule has 0 aliphatic carbocycles. The third kappa shape index (κ3) is 5.05. The van der Waals surface area contributed by atoms with Crippen LogP contribution in [0.5, 0.6) is 0 Å². The van der Waals surface area contributed by atoms with E-state index in [0.717, 1.165) is 11.0 Å². The van der Waals surface area contributed by atoms with Crippen LogP contribution in [0.2, 0.25) is 0 Å². The van der Waals surface area contributed by atoms with Gasteiger partial charge in [0.15, 0.2) is 0 Å². The zero-order chi connectivity index (χ0) is 18.0. The van der Waals surface area contributed by atoms with Crippen LogP contribution in [0.25, 0.3) is 0 Å². The minimum Gasteiger partial charge on any atom is -0.444 e. The Bertz CT molecular complexity index is 685. The van der Waals surface area contributed by atoms with Crippen molar-refractivity contribution in [2.24, 2.45) is 0 Å². The van der Waals surface area contributed by atoms with Gasteiger partial charge in [-0.05, 0) is 44.5 Å². The highest BCUT2D eigenvalue weighted by molar-refractivity contribution is 7.91. The Morgan fingerprint density at radius 2 is 1.91 bits per heavy atom. The molecule has 0 atom stereocenters. The molecule has 23 heavy (non-hydrogen) atoms. The molecule has 0 aliphatic rings. The van der Waals surface area contributed by atoms with E-state index in [1.54, 1.807) is 20.8 Å². The van der Waals surface area contributed by atoms with Crippen molar-refractivity contribution in [2.75, 3.05) is 12.8 Å². The van der Waals surface area contributed by atoms with Crippen LogP contribution in [0.1, 0.15) is 26.3 Å². The summed E-state index contributed by atoms with van der Waals surface area (Å²) in [5.74, 6) is -3.56. The average molecular weight is 350 g/mol. The summed E-state index contributed by atoms with van der Waals surface area (Å²) in [5, 5.41) is 0. The van der Waals surface area contributed by atoms with Crippen molar-refractivity contribution >= 4 is 21.6 Å². The predicted molar refractivity (Wildman–Crippen MR) is 81.7 cm³/mol. The molecule has 130 valence electrons. The highest BCUT2D eigenvalue weighted by Gasteiger charge is 2.30. The number of nitrogen functional groups attached to an aromatic ring is 1. The lowest BCUT2D eigenvalue weighted by Crippen LogP contribution is -2.34. The zero-order valence-electron chi connectivity index (χ0n) is 13.3. The normalized spacial score (nSPS) is 12.3. The van der Waals surface area contributed by atoms with Crippen molar-refractivity contribution in [2.45, 2.75) is 43.6 Å². The molecule has 0 fully saturated rings. The van der Waals surface area contributed by atoms with E-state index < -0.39 is 32.2 Å². The van der Waals surface area contributed by atoms with Crippen molar-refractivity contribution in [1.29, 1.82) is 0 Å². The molecule has 0 radical (unpaired) electrons. The maximum Gasteiger partial charge on any atom is 0.410 e. The number of hydrogen-bond donors (Lipinski definition) is 1. The molecule has 0 bridgehead atoms. The summed E-state index contributed by atoms with van der Waals surface area (Å²) >= 11 is 0. The van der Waals surface area contributed by atoms with Gasteiger partial charge in [0, 0.05) is 12.7 Å². The lowest BCUT2D eigenvalue weighted by molar-refractivity contribution is 0.0284. The average Bonchev–Trinajstić information content (AvgIpc) is 2.36. The van der Waals surface area contributed by atoms with E-state index in [2.05, 4.69) is 0 Å². The maximum absolute atomic E-state index is 12.8. The number of amides is 1. The first-order valence-electron chi connectivity index (χ1n) is 6.69. The monoisotopic (exact) mass is 350 g/mol. The third-order valence-electron chi connectivity index (χ3n) is 2.74. The second kappa shape index (κ2) is 6.69. The Labute approximate surface area is 134 Å².